The molecule has 136 valence electrons. The van der Waals surface area contributed by atoms with Crippen molar-refractivity contribution in [1.29, 1.82) is 0 Å². The molecule has 0 saturated carbocycles. The fourth-order valence-corrected chi connectivity index (χ4v) is 3.68. The molecule has 1 aliphatic heterocycles. The Morgan fingerprint density at radius 3 is 2.79 bits per heavy atom. The van der Waals surface area contributed by atoms with Crippen molar-refractivity contribution in [3.63, 3.8) is 0 Å². The second-order valence-corrected chi connectivity index (χ2v) is 7.49. The number of nitrogens with one attached hydrogen (secondary N) is 3. The largest absolute Gasteiger partial charge is 0.324 e. The SMILES string of the molecule is CC(=O)Nc1cc(S(=O)(=O)NCCC2CCCNC2)ccc1F.Cl. The second-order valence-electron chi connectivity index (χ2n) is 5.72. The number of piperidine rings is 1. The number of rotatable bonds is 6. The van der Waals surface area contributed by atoms with E-state index < -0.39 is 21.7 Å². The maximum Gasteiger partial charge on any atom is 0.240 e. The number of anilines is 1. The lowest BCUT2D eigenvalue weighted by Crippen LogP contribution is -2.33. The molecule has 1 aromatic carbocycles. The fourth-order valence-electron chi connectivity index (χ4n) is 2.61. The number of hydrogen-bond donors (Lipinski definition) is 3. The van der Waals surface area contributed by atoms with Gasteiger partial charge in [-0.05, 0) is 56.5 Å². The van der Waals surface area contributed by atoms with E-state index in [1.807, 2.05) is 0 Å². The second kappa shape index (κ2) is 9.31. The van der Waals surface area contributed by atoms with E-state index in [1.54, 1.807) is 0 Å². The van der Waals surface area contributed by atoms with Crippen molar-refractivity contribution in [2.75, 3.05) is 25.0 Å². The number of carbonyl (C=O) groups is 1. The van der Waals surface area contributed by atoms with Crippen molar-refractivity contribution < 1.29 is 17.6 Å². The molecule has 24 heavy (non-hydrogen) atoms. The Morgan fingerprint density at radius 1 is 1.42 bits per heavy atom. The first-order valence-electron chi connectivity index (χ1n) is 7.66. The van der Waals surface area contributed by atoms with E-state index in [9.17, 15) is 17.6 Å². The van der Waals surface area contributed by atoms with Crippen LogP contribution in [-0.4, -0.2) is 34.0 Å². The molecule has 1 saturated heterocycles. The molecule has 2 rings (SSSR count). The van der Waals surface area contributed by atoms with Crippen LogP contribution in [0.5, 0.6) is 0 Å². The maximum atomic E-state index is 13.6. The normalized spacial score (nSPS) is 17.8. The number of sulfonamides is 1. The van der Waals surface area contributed by atoms with Crippen LogP contribution in [0.4, 0.5) is 10.1 Å². The van der Waals surface area contributed by atoms with Crippen LogP contribution in [-0.2, 0) is 14.8 Å². The van der Waals surface area contributed by atoms with Gasteiger partial charge in [-0.25, -0.2) is 17.5 Å². The van der Waals surface area contributed by atoms with Gasteiger partial charge in [-0.1, -0.05) is 0 Å². The molecule has 1 fully saturated rings. The number of benzene rings is 1. The quantitative estimate of drug-likeness (QED) is 0.704. The summed E-state index contributed by atoms with van der Waals surface area (Å²) >= 11 is 0. The summed E-state index contributed by atoms with van der Waals surface area (Å²) in [6.07, 6.45) is 2.96. The highest BCUT2D eigenvalue weighted by atomic mass is 35.5. The van der Waals surface area contributed by atoms with Crippen molar-refractivity contribution in [3.05, 3.63) is 24.0 Å². The highest BCUT2D eigenvalue weighted by Gasteiger charge is 2.18. The first-order valence-corrected chi connectivity index (χ1v) is 9.14. The van der Waals surface area contributed by atoms with Crippen molar-refractivity contribution in [2.45, 2.75) is 31.1 Å². The minimum absolute atomic E-state index is 0. The van der Waals surface area contributed by atoms with Crippen LogP contribution in [0.3, 0.4) is 0 Å². The molecule has 0 aliphatic carbocycles. The van der Waals surface area contributed by atoms with Crippen LogP contribution in [0.1, 0.15) is 26.2 Å². The Kier molecular flexibility index (Phi) is 8.08. The summed E-state index contributed by atoms with van der Waals surface area (Å²) in [5, 5.41) is 5.57. The summed E-state index contributed by atoms with van der Waals surface area (Å²) in [4.78, 5) is 11.0. The van der Waals surface area contributed by atoms with E-state index in [-0.39, 0.29) is 23.0 Å². The lowest BCUT2D eigenvalue weighted by molar-refractivity contribution is -0.114. The van der Waals surface area contributed by atoms with Gasteiger partial charge in [0, 0.05) is 13.5 Å². The van der Waals surface area contributed by atoms with E-state index >= 15 is 0 Å². The Balaban J connectivity index is 0.00000288. The summed E-state index contributed by atoms with van der Waals surface area (Å²) in [6.45, 7) is 3.49. The van der Waals surface area contributed by atoms with Crippen LogP contribution in [0.25, 0.3) is 0 Å². The van der Waals surface area contributed by atoms with Crippen LogP contribution < -0.4 is 15.4 Å². The topological polar surface area (TPSA) is 87.3 Å². The third kappa shape index (κ3) is 6.01. The van der Waals surface area contributed by atoms with Crippen molar-refractivity contribution in [3.8, 4) is 0 Å². The van der Waals surface area contributed by atoms with Gasteiger partial charge in [0.15, 0.2) is 0 Å². The molecule has 0 spiro atoms. The summed E-state index contributed by atoms with van der Waals surface area (Å²) in [5.41, 5.74) is -0.142. The summed E-state index contributed by atoms with van der Waals surface area (Å²) in [6, 6.07) is 3.34. The van der Waals surface area contributed by atoms with Gasteiger partial charge in [0.1, 0.15) is 5.82 Å². The fraction of sp³-hybridized carbons (Fsp3) is 0.533. The van der Waals surface area contributed by atoms with Crippen LogP contribution in [0.2, 0.25) is 0 Å². The number of halogens is 2. The van der Waals surface area contributed by atoms with Gasteiger partial charge in [-0.2, -0.15) is 0 Å². The van der Waals surface area contributed by atoms with Gasteiger partial charge in [-0.15, -0.1) is 12.4 Å². The van der Waals surface area contributed by atoms with Gasteiger partial charge in [0.05, 0.1) is 10.6 Å². The van der Waals surface area contributed by atoms with E-state index in [0.29, 0.717) is 12.5 Å². The maximum absolute atomic E-state index is 13.6. The predicted molar refractivity (Wildman–Crippen MR) is 93.4 cm³/mol. The molecule has 1 aliphatic rings. The summed E-state index contributed by atoms with van der Waals surface area (Å²) < 4.78 is 40.6. The first kappa shape index (κ1) is 20.8. The molecule has 3 N–H and O–H groups in total. The van der Waals surface area contributed by atoms with Crippen molar-refractivity contribution >= 4 is 34.0 Å². The van der Waals surface area contributed by atoms with E-state index in [0.717, 1.165) is 44.5 Å². The average molecular weight is 380 g/mol. The first-order chi connectivity index (χ1) is 10.9. The van der Waals surface area contributed by atoms with E-state index in [4.69, 9.17) is 0 Å². The third-order valence-electron chi connectivity index (χ3n) is 3.80. The molecule has 1 amide bonds. The Bertz CT molecular complexity index is 664. The zero-order valence-corrected chi connectivity index (χ0v) is 15.1. The molecule has 6 nitrogen and oxygen atoms in total. The number of carbonyl (C=O) groups excluding carboxylic acids is 1. The predicted octanol–water partition coefficient (Wildman–Crippen LogP) is 1.87. The molecule has 1 atom stereocenters. The number of hydrogen-bond acceptors (Lipinski definition) is 4. The third-order valence-corrected chi connectivity index (χ3v) is 5.26. The number of amides is 1. The van der Waals surface area contributed by atoms with Gasteiger partial charge < -0.3 is 10.6 Å². The Hall–Kier alpha value is -1.22. The zero-order valence-electron chi connectivity index (χ0n) is 13.5. The zero-order chi connectivity index (χ0) is 16.9. The monoisotopic (exact) mass is 379 g/mol. The Labute approximate surface area is 148 Å². The molecular formula is C15H23ClFN3O3S. The minimum Gasteiger partial charge on any atom is -0.324 e. The van der Waals surface area contributed by atoms with Crippen molar-refractivity contribution in [2.24, 2.45) is 5.92 Å². The van der Waals surface area contributed by atoms with Crippen LogP contribution in [0, 0.1) is 11.7 Å². The summed E-state index contributed by atoms with van der Waals surface area (Å²) in [5.74, 6) is -0.668. The lowest BCUT2D eigenvalue weighted by Gasteiger charge is -2.22. The molecule has 0 bridgehead atoms. The standard InChI is InChI=1S/C15H22FN3O3S.ClH/c1-11(20)19-15-9-13(4-5-14(15)16)23(21,22)18-8-6-12-3-2-7-17-10-12;/h4-5,9,12,17-18H,2-3,6-8,10H2,1H3,(H,19,20);1H. The van der Waals surface area contributed by atoms with Crippen LogP contribution >= 0.6 is 12.4 Å². The van der Waals surface area contributed by atoms with Gasteiger partial charge in [0.25, 0.3) is 0 Å². The lowest BCUT2D eigenvalue weighted by atomic mass is 9.96. The molecular weight excluding hydrogens is 357 g/mol. The van der Waals surface area contributed by atoms with Crippen LogP contribution in [0.15, 0.2) is 23.1 Å². The smallest absolute Gasteiger partial charge is 0.240 e. The highest BCUT2D eigenvalue weighted by Crippen LogP contribution is 2.20. The molecule has 9 heteroatoms. The highest BCUT2D eigenvalue weighted by molar-refractivity contribution is 7.89. The molecule has 1 aromatic rings. The van der Waals surface area contributed by atoms with E-state index in [2.05, 4.69) is 15.4 Å². The van der Waals surface area contributed by atoms with Gasteiger partial charge in [-0.3, -0.25) is 4.79 Å². The van der Waals surface area contributed by atoms with Gasteiger partial charge >= 0.3 is 0 Å². The van der Waals surface area contributed by atoms with Gasteiger partial charge in [0.2, 0.25) is 15.9 Å². The molecule has 0 aromatic heterocycles. The van der Waals surface area contributed by atoms with Crippen molar-refractivity contribution in [1.82, 2.24) is 10.0 Å². The molecule has 1 unspecified atom stereocenters. The molecule has 1 heterocycles. The average Bonchev–Trinajstić information content (AvgIpc) is 2.50. The summed E-state index contributed by atoms with van der Waals surface area (Å²) in [7, 11) is -3.72. The molecule has 0 radical (unpaired) electrons. The Morgan fingerprint density at radius 2 is 2.17 bits per heavy atom. The minimum atomic E-state index is -3.72. The van der Waals surface area contributed by atoms with E-state index in [1.165, 1.54) is 13.0 Å².